The SMILES string of the molecule is CCCCOC(=O)C1N(S(=O)(=O)c2ccc(C)cc2)c2ccc(Cl)cc2C1(O)C1CCCCC1. The van der Waals surface area contributed by atoms with Gasteiger partial charge in [0.2, 0.25) is 0 Å². The number of carbonyl (C=O) groups excluding carboxylic acids is 1. The molecule has 0 bridgehead atoms. The first-order chi connectivity index (χ1) is 16.2. The number of anilines is 1. The van der Waals surface area contributed by atoms with Crippen LogP contribution in [-0.2, 0) is 25.2 Å². The van der Waals surface area contributed by atoms with Crippen LogP contribution in [0.3, 0.4) is 0 Å². The molecule has 0 radical (unpaired) electrons. The number of rotatable bonds is 7. The molecule has 1 heterocycles. The minimum Gasteiger partial charge on any atom is -0.464 e. The first-order valence-corrected chi connectivity index (χ1v) is 13.8. The predicted molar refractivity (Wildman–Crippen MR) is 132 cm³/mol. The van der Waals surface area contributed by atoms with Crippen LogP contribution in [0.2, 0.25) is 5.02 Å². The second kappa shape index (κ2) is 9.88. The standard InChI is InChI=1S/C26H32ClNO5S/c1-3-4-16-33-25(29)24-26(30,19-8-6-5-7-9-19)22-17-20(27)12-15-23(22)28(24)34(31,32)21-13-10-18(2)11-14-21/h10-15,17,19,24,30H,3-9,16H2,1-2H3. The van der Waals surface area contributed by atoms with Crippen molar-refractivity contribution in [1.82, 2.24) is 0 Å². The summed E-state index contributed by atoms with van der Waals surface area (Å²) in [6.07, 6.45) is 5.73. The Morgan fingerprint density at radius 1 is 1.15 bits per heavy atom. The molecule has 0 spiro atoms. The summed E-state index contributed by atoms with van der Waals surface area (Å²) in [6, 6.07) is 9.83. The minimum absolute atomic E-state index is 0.0539. The molecule has 6 nitrogen and oxygen atoms in total. The van der Waals surface area contributed by atoms with Crippen LogP contribution in [-0.4, -0.2) is 32.1 Å². The molecule has 1 fully saturated rings. The third-order valence-electron chi connectivity index (χ3n) is 7.05. The number of unbranched alkanes of at least 4 members (excludes halogenated alkanes) is 1. The number of hydrogen-bond acceptors (Lipinski definition) is 5. The predicted octanol–water partition coefficient (Wildman–Crippen LogP) is 5.34. The fourth-order valence-corrected chi connectivity index (χ4v) is 7.06. The van der Waals surface area contributed by atoms with Gasteiger partial charge in [-0.3, -0.25) is 0 Å². The molecule has 2 aromatic rings. The molecule has 1 aliphatic heterocycles. The third kappa shape index (κ3) is 4.34. The molecule has 2 unspecified atom stereocenters. The van der Waals surface area contributed by atoms with Gasteiger partial charge in [-0.05, 0) is 62.4 Å². The first kappa shape index (κ1) is 25.0. The monoisotopic (exact) mass is 505 g/mol. The minimum atomic E-state index is -4.19. The lowest BCUT2D eigenvalue weighted by atomic mass is 9.71. The summed E-state index contributed by atoms with van der Waals surface area (Å²) < 4.78 is 34.6. The van der Waals surface area contributed by atoms with Gasteiger partial charge in [0.25, 0.3) is 10.0 Å². The zero-order valence-electron chi connectivity index (χ0n) is 19.7. The van der Waals surface area contributed by atoms with Crippen LogP contribution in [0.1, 0.15) is 63.0 Å². The molecule has 34 heavy (non-hydrogen) atoms. The van der Waals surface area contributed by atoms with E-state index in [1.165, 1.54) is 12.1 Å². The van der Waals surface area contributed by atoms with Crippen LogP contribution in [0, 0.1) is 12.8 Å². The summed E-state index contributed by atoms with van der Waals surface area (Å²) in [5, 5.41) is 12.7. The lowest BCUT2D eigenvalue weighted by molar-refractivity contribution is -0.155. The molecule has 8 heteroatoms. The van der Waals surface area contributed by atoms with Crippen LogP contribution in [0.4, 0.5) is 5.69 Å². The van der Waals surface area contributed by atoms with E-state index in [0.29, 0.717) is 29.8 Å². The lowest BCUT2D eigenvalue weighted by Crippen LogP contribution is -2.56. The van der Waals surface area contributed by atoms with Crippen molar-refractivity contribution in [3.05, 3.63) is 58.6 Å². The number of halogens is 1. The van der Waals surface area contributed by atoms with Crippen molar-refractivity contribution in [2.24, 2.45) is 5.92 Å². The number of sulfonamides is 1. The van der Waals surface area contributed by atoms with Crippen molar-refractivity contribution in [2.45, 2.75) is 75.3 Å². The van der Waals surface area contributed by atoms with E-state index in [0.717, 1.165) is 35.6 Å². The van der Waals surface area contributed by atoms with E-state index in [9.17, 15) is 18.3 Å². The largest absolute Gasteiger partial charge is 0.464 e. The van der Waals surface area contributed by atoms with Crippen molar-refractivity contribution >= 4 is 33.3 Å². The number of nitrogens with zero attached hydrogens (tertiary/aromatic N) is 1. The summed E-state index contributed by atoms with van der Waals surface area (Å²) >= 11 is 6.32. The fraction of sp³-hybridized carbons (Fsp3) is 0.500. The maximum atomic E-state index is 14.0. The highest BCUT2D eigenvalue weighted by atomic mass is 35.5. The van der Waals surface area contributed by atoms with Crippen molar-refractivity contribution in [3.8, 4) is 0 Å². The molecule has 1 N–H and O–H groups in total. The molecular weight excluding hydrogens is 474 g/mol. The van der Waals surface area contributed by atoms with E-state index in [1.807, 2.05) is 13.8 Å². The molecule has 0 aromatic heterocycles. The van der Waals surface area contributed by atoms with E-state index in [2.05, 4.69) is 0 Å². The summed E-state index contributed by atoms with van der Waals surface area (Å²) in [4.78, 5) is 13.6. The summed E-state index contributed by atoms with van der Waals surface area (Å²) in [6.45, 7) is 4.02. The van der Waals surface area contributed by atoms with E-state index < -0.39 is 27.6 Å². The topological polar surface area (TPSA) is 83.9 Å². The highest BCUT2D eigenvalue weighted by Gasteiger charge is 2.61. The molecular formula is C26H32ClNO5S. The summed E-state index contributed by atoms with van der Waals surface area (Å²) in [7, 11) is -4.19. The Hall–Kier alpha value is -2.09. The number of fused-ring (bicyclic) bond motifs is 1. The third-order valence-corrected chi connectivity index (χ3v) is 9.08. The molecule has 184 valence electrons. The summed E-state index contributed by atoms with van der Waals surface area (Å²) in [5.74, 6) is -1.02. The van der Waals surface area contributed by atoms with Gasteiger partial charge in [0.1, 0.15) is 5.60 Å². The van der Waals surface area contributed by atoms with Crippen LogP contribution in [0.25, 0.3) is 0 Å². The molecule has 4 rings (SSSR count). The first-order valence-electron chi connectivity index (χ1n) is 12.0. The van der Waals surface area contributed by atoms with Gasteiger partial charge < -0.3 is 9.84 Å². The number of aryl methyl sites for hydroxylation is 1. The van der Waals surface area contributed by atoms with Crippen molar-refractivity contribution in [1.29, 1.82) is 0 Å². The second-order valence-electron chi connectivity index (χ2n) is 9.36. The number of carbonyl (C=O) groups is 1. The van der Waals surface area contributed by atoms with E-state index in [-0.39, 0.29) is 23.1 Å². The Morgan fingerprint density at radius 3 is 2.47 bits per heavy atom. The van der Waals surface area contributed by atoms with Gasteiger partial charge in [0.05, 0.1) is 17.2 Å². The Balaban J connectivity index is 1.90. The van der Waals surface area contributed by atoms with Crippen LogP contribution >= 0.6 is 11.6 Å². The molecule has 2 atom stereocenters. The zero-order chi connectivity index (χ0) is 24.5. The van der Waals surface area contributed by atoms with Crippen molar-refractivity contribution in [3.63, 3.8) is 0 Å². The quantitative estimate of drug-likeness (QED) is 0.405. The van der Waals surface area contributed by atoms with Gasteiger partial charge in [-0.25, -0.2) is 17.5 Å². The molecule has 2 aliphatic rings. The van der Waals surface area contributed by atoms with E-state index in [1.54, 1.807) is 30.3 Å². The number of aliphatic hydroxyl groups is 1. The number of benzene rings is 2. The molecule has 0 amide bonds. The zero-order valence-corrected chi connectivity index (χ0v) is 21.2. The molecule has 1 saturated carbocycles. The maximum Gasteiger partial charge on any atom is 0.333 e. The second-order valence-corrected chi connectivity index (χ2v) is 11.6. The average Bonchev–Trinajstić information content (AvgIpc) is 3.10. The highest BCUT2D eigenvalue weighted by molar-refractivity contribution is 7.93. The van der Waals surface area contributed by atoms with Gasteiger partial charge in [-0.2, -0.15) is 0 Å². The number of hydrogen-bond donors (Lipinski definition) is 1. The molecule has 1 aliphatic carbocycles. The average molecular weight is 506 g/mol. The smallest absolute Gasteiger partial charge is 0.333 e. The van der Waals surface area contributed by atoms with Gasteiger partial charge in [0, 0.05) is 10.6 Å². The van der Waals surface area contributed by atoms with Gasteiger partial charge in [-0.15, -0.1) is 0 Å². The van der Waals surface area contributed by atoms with Crippen LogP contribution in [0.5, 0.6) is 0 Å². The lowest BCUT2D eigenvalue weighted by Gasteiger charge is -2.40. The summed E-state index contributed by atoms with van der Waals surface area (Å²) in [5.41, 5.74) is -0.167. The Morgan fingerprint density at radius 2 is 1.82 bits per heavy atom. The Bertz CT molecular complexity index is 1140. The number of ether oxygens (including phenoxy) is 1. The number of esters is 1. The van der Waals surface area contributed by atoms with Gasteiger partial charge in [0.15, 0.2) is 6.04 Å². The normalized spacial score (nSPS) is 23.1. The van der Waals surface area contributed by atoms with Gasteiger partial charge >= 0.3 is 5.97 Å². The Labute approximate surface area is 206 Å². The maximum absolute atomic E-state index is 14.0. The molecule has 0 saturated heterocycles. The highest BCUT2D eigenvalue weighted by Crippen LogP contribution is 2.54. The molecule has 2 aromatic carbocycles. The van der Waals surface area contributed by atoms with Crippen molar-refractivity contribution in [2.75, 3.05) is 10.9 Å². The Kier molecular flexibility index (Phi) is 7.27. The fourth-order valence-electron chi connectivity index (χ4n) is 5.24. The van der Waals surface area contributed by atoms with Crippen molar-refractivity contribution < 1.29 is 23.1 Å². The van der Waals surface area contributed by atoms with Gasteiger partial charge in [-0.1, -0.05) is 61.9 Å². The van der Waals surface area contributed by atoms with Crippen LogP contribution in [0.15, 0.2) is 47.4 Å². The van der Waals surface area contributed by atoms with E-state index in [4.69, 9.17) is 16.3 Å². The van der Waals surface area contributed by atoms with Crippen LogP contribution < -0.4 is 4.31 Å². The van der Waals surface area contributed by atoms with E-state index >= 15 is 0 Å².